The van der Waals surface area contributed by atoms with Crippen molar-refractivity contribution >= 4 is 22.8 Å². The number of amidine groups is 1. The molecule has 4 N–H and O–H groups in total. The number of rotatable bonds is 2. The van der Waals surface area contributed by atoms with Crippen LogP contribution in [0.15, 0.2) is 5.10 Å². The molecule has 86 valence electrons. The van der Waals surface area contributed by atoms with Crippen LogP contribution in [0.3, 0.4) is 0 Å². The van der Waals surface area contributed by atoms with E-state index in [4.69, 9.17) is 11.6 Å². The highest BCUT2D eigenvalue weighted by Gasteiger charge is 2.20. The molecule has 0 spiro atoms. The van der Waals surface area contributed by atoms with Gasteiger partial charge in [0.2, 0.25) is 5.91 Å². The minimum atomic E-state index is 0.123. The fourth-order valence-electron chi connectivity index (χ4n) is 1.68. The molecule has 0 bridgehead atoms. The first kappa shape index (κ1) is 12.2. The van der Waals surface area contributed by atoms with Crippen LogP contribution < -0.4 is 11.6 Å². The number of thioether (sulfide) groups is 1. The Hall–Kier alpha value is -0.910. The average molecular weight is 230 g/mol. The van der Waals surface area contributed by atoms with Gasteiger partial charge in [0.1, 0.15) is 0 Å². The Balaban J connectivity index is 2.33. The molecule has 1 aliphatic heterocycles. The Bertz CT molecular complexity index is 256. The summed E-state index contributed by atoms with van der Waals surface area (Å²) in [6.07, 6.45) is 2.31. The van der Waals surface area contributed by atoms with Crippen molar-refractivity contribution in [3.63, 3.8) is 0 Å². The van der Waals surface area contributed by atoms with Crippen LogP contribution in [0.25, 0.3) is 0 Å². The fraction of sp³-hybridized carbons (Fsp3) is 0.778. The predicted octanol–water partition coefficient (Wildman–Crippen LogP) is 0.167. The number of piperidine rings is 1. The van der Waals surface area contributed by atoms with Crippen LogP contribution in [0.4, 0.5) is 0 Å². The van der Waals surface area contributed by atoms with E-state index in [0.29, 0.717) is 11.7 Å². The summed E-state index contributed by atoms with van der Waals surface area (Å²) in [7, 11) is 0. The second kappa shape index (κ2) is 5.85. The average Bonchev–Trinajstić information content (AvgIpc) is 2.25. The molecule has 0 aromatic carbocycles. The molecule has 1 saturated heterocycles. The van der Waals surface area contributed by atoms with Crippen LogP contribution in [0, 0.1) is 5.92 Å². The molecule has 0 saturated carbocycles. The molecule has 0 aliphatic carbocycles. The summed E-state index contributed by atoms with van der Waals surface area (Å²) in [6.45, 7) is 3.89. The Morgan fingerprint density at radius 3 is 3.00 bits per heavy atom. The van der Waals surface area contributed by atoms with E-state index in [2.05, 4.69) is 12.0 Å². The van der Waals surface area contributed by atoms with Gasteiger partial charge in [0.15, 0.2) is 5.17 Å². The Morgan fingerprint density at radius 1 is 1.67 bits per heavy atom. The van der Waals surface area contributed by atoms with Crippen molar-refractivity contribution in [2.75, 3.05) is 18.8 Å². The zero-order valence-corrected chi connectivity index (χ0v) is 9.80. The number of hydrogen-bond donors (Lipinski definition) is 2. The van der Waals surface area contributed by atoms with Crippen LogP contribution in [-0.4, -0.2) is 34.8 Å². The third-order valence-corrected chi connectivity index (χ3v) is 3.27. The van der Waals surface area contributed by atoms with Gasteiger partial charge in [-0.2, -0.15) is 5.10 Å². The van der Waals surface area contributed by atoms with Crippen molar-refractivity contribution in [2.45, 2.75) is 19.8 Å². The highest BCUT2D eigenvalue weighted by Crippen LogP contribution is 2.16. The third kappa shape index (κ3) is 3.99. The van der Waals surface area contributed by atoms with Gasteiger partial charge in [-0.25, -0.2) is 0 Å². The molecule has 1 heterocycles. The van der Waals surface area contributed by atoms with Crippen LogP contribution >= 0.6 is 11.8 Å². The Labute approximate surface area is 94.2 Å². The number of hydrogen-bond acceptors (Lipinski definition) is 4. The summed E-state index contributed by atoms with van der Waals surface area (Å²) in [4.78, 5) is 13.6. The lowest BCUT2D eigenvalue weighted by molar-refractivity contribution is -0.129. The Morgan fingerprint density at radius 2 is 2.40 bits per heavy atom. The molecule has 1 fully saturated rings. The number of nitrogens with zero attached hydrogens (tertiary/aromatic N) is 2. The molecule has 5 nitrogen and oxygen atoms in total. The summed E-state index contributed by atoms with van der Waals surface area (Å²) >= 11 is 1.19. The second-order valence-electron chi connectivity index (χ2n) is 3.84. The summed E-state index contributed by atoms with van der Waals surface area (Å²) in [5.41, 5.74) is 5.40. The van der Waals surface area contributed by atoms with Crippen molar-refractivity contribution in [3.8, 4) is 0 Å². The molecule has 1 rings (SSSR count). The predicted molar refractivity (Wildman–Crippen MR) is 63.2 cm³/mol. The summed E-state index contributed by atoms with van der Waals surface area (Å²) in [5.74, 6) is 6.04. The van der Waals surface area contributed by atoms with E-state index in [0.717, 1.165) is 19.5 Å². The third-order valence-electron chi connectivity index (χ3n) is 2.48. The number of amides is 1. The van der Waals surface area contributed by atoms with E-state index in [1.54, 1.807) is 0 Å². The highest BCUT2D eigenvalue weighted by atomic mass is 32.2. The van der Waals surface area contributed by atoms with Crippen LogP contribution in [0.1, 0.15) is 19.8 Å². The first-order valence-electron chi connectivity index (χ1n) is 5.07. The monoisotopic (exact) mass is 230 g/mol. The Kier molecular flexibility index (Phi) is 4.74. The van der Waals surface area contributed by atoms with Gasteiger partial charge >= 0.3 is 0 Å². The minimum Gasteiger partial charge on any atom is -0.377 e. The first-order valence-corrected chi connectivity index (χ1v) is 6.06. The molecule has 6 heteroatoms. The lowest BCUT2D eigenvalue weighted by Gasteiger charge is -2.30. The van der Waals surface area contributed by atoms with Crippen molar-refractivity contribution in [2.24, 2.45) is 22.6 Å². The maximum absolute atomic E-state index is 11.7. The molecule has 0 radical (unpaired) electrons. The number of carbonyl (C=O) groups is 1. The maximum Gasteiger partial charge on any atom is 0.233 e. The number of carbonyl (C=O) groups excluding carboxylic acids is 1. The normalized spacial score (nSPS) is 22.9. The van der Waals surface area contributed by atoms with Gasteiger partial charge in [0, 0.05) is 13.1 Å². The molecule has 15 heavy (non-hydrogen) atoms. The maximum atomic E-state index is 11.7. The fourth-order valence-corrected chi connectivity index (χ4v) is 2.21. The van der Waals surface area contributed by atoms with Gasteiger partial charge in [-0.3, -0.25) is 4.79 Å². The zero-order valence-electron chi connectivity index (χ0n) is 8.98. The molecular formula is C9H18N4OS. The molecule has 1 atom stereocenters. The lowest BCUT2D eigenvalue weighted by Crippen LogP contribution is -2.40. The van der Waals surface area contributed by atoms with Gasteiger partial charge in [-0.1, -0.05) is 18.7 Å². The van der Waals surface area contributed by atoms with Crippen molar-refractivity contribution < 1.29 is 4.79 Å². The number of hydrazone groups is 1. The quantitative estimate of drug-likeness (QED) is 0.306. The molecular weight excluding hydrogens is 212 g/mol. The molecule has 0 aromatic rings. The molecule has 1 aliphatic rings. The van der Waals surface area contributed by atoms with Crippen LogP contribution in [0.2, 0.25) is 0 Å². The van der Waals surface area contributed by atoms with Crippen molar-refractivity contribution in [1.82, 2.24) is 4.90 Å². The highest BCUT2D eigenvalue weighted by molar-refractivity contribution is 8.14. The van der Waals surface area contributed by atoms with Crippen LogP contribution in [-0.2, 0) is 4.79 Å². The smallest absolute Gasteiger partial charge is 0.233 e. The van der Waals surface area contributed by atoms with Gasteiger partial charge < -0.3 is 16.5 Å². The lowest BCUT2D eigenvalue weighted by atomic mass is 10.0. The molecule has 0 aromatic heterocycles. The molecule has 1 unspecified atom stereocenters. The van der Waals surface area contributed by atoms with Crippen molar-refractivity contribution in [3.05, 3.63) is 0 Å². The molecule has 1 amide bonds. The summed E-state index contributed by atoms with van der Waals surface area (Å²) in [5, 5.41) is 3.56. The summed E-state index contributed by atoms with van der Waals surface area (Å²) in [6, 6.07) is 0. The van der Waals surface area contributed by atoms with E-state index in [9.17, 15) is 4.79 Å². The van der Waals surface area contributed by atoms with Crippen LogP contribution in [0.5, 0.6) is 0 Å². The van der Waals surface area contributed by atoms with Gasteiger partial charge in [0.05, 0.1) is 5.75 Å². The minimum absolute atomic E-state index is 0.123. The van der Waals surface area contributed by atoms with E-state index in [1.807, 2.05) is 4.90 Å². The van der Waals surface area contributed by atoms with Crippen molar-refractivity contribution in [1.29, 1.82) is 0 Å². The summed E-state index contributed by atoms with van der Waals surface area (Å²) < 4.78 is 0. The van der Waals surface area contributed by atoms with Gasteiger partial charge in [-0.05, 0) is 18.8 Å². The number of nitrogens with two attached hydrogens (primary N) is 2. The largest absolute Gasteiger partial charge is 0.377 e. The zero-order chi connectivity index (χ0) is 11.3. The topological polar surface area (TPSA) is 84.7 Å². The van der Waals surface area contributed by atoms with E-state index in [1.165, 1.54) is 18.2 Å². The van der Waals surface area contributed by atoms with E-state index < -0.39 is 0 Å². The number of likely N-dealkylation sites (tertiary alicyclic amines) is 1. The van der Waals surface area contributed by atoms with E-state index in [-0.39, 0.29) is 11.1 Å². The second-order valence-corrected chi connectivity index (χ2v) is 4.84. The first-order chi connectivity index (χ1) is 7.13. The van der Waals surface area contributed by atoms with Gasteiger partial charge in [0.25, 0.3) is 0 Å². The standard InChI is InChI=1S/C9H18N4OS/c1-7-3-2-4-13(5-7)8(14)6-15-9(10)12-11/h7H,2-6,11H2,1H3,(H2,10,12). The SMILES string of the molecule is CC1CCCN(C(=O)CSC(N)=NN)C1. The van der Waals surface area contributed by atoms with E-state index >= 15 is 0 Å². The van der Waals surface area contributed by atoms with Gasteiger partial charge in [-0.15, -0.1) is 0 Å².